The number of nitrogens with zero attached hydrogens (tertiary/aromatic N) is 5. The lowest BCUT2D eigenvalue weighted by atomic mass is 10.1. The Balaban J connectivity index is 1.48. The van der Waals surface area contributed by atoms with Crippen molar-refractivity contribution in [2.45, 2.75) is 18.9 Å². The van der Waals surface area contributed by atoms with Crippen LogP contribution in [0.15, 0.2) is 49.1 Å². The highest BCUT2D eigenvalue weighted by Gasteiger charge is 2.15. The minimum atomic E-state index is 0.369. The molecule has 0 saturated carbocycles. The number of ether oxygens (including phenoxy) is 1. The van der Waals surface area contributed by atoms with Crippen molar-refractivity contribution in [2.24, 2.45) is 0 Å². The molecule has 5 rings (SSSR count). The second kappa shape index (κ2) is 6.34. The summed E-state index contributed by atoms with van der Waals surface area (Å²) in [5, 5.41) is 9.02. The normalized spacial score (nSPS) is 15.5. The van der Waals surface area contributed by atoms with Gasteiger partial charge in [0.1, 0.15) is 0 Å². The molecule has 4 aromatic rings. The van der Waals surface area contributed by atoms with E-state index in [4.69, 9.17) is 4.74 Å². The quantitative estimate of drug-likeness (QED) is 0.615. The SMILES string of the molecule is c1cnc2ncc(-c3ccn4nc(NC5CCOCC5)ncc34)cc2c1. The molecule has 0 atom stereocenters. The lowest BCUT2D eigenvalue weighted by molar-refractivity contribution is 0.0903. The lowest BCUT2D eigenvalue weighted by Crippen LogP contribution is -2.28. The maximum absolute atomic E-state index is 5.39. The second-order valence-corrected chi connectivity index (χ2v) is 6.45. The van der Waals surface area contributed by atoms with Gasteiger partial charge in [0.2, 0.25) is 5.95 Å². The predicted molar refractivity (Wildman–Crippen MR) is 99.0 cm³/mol. The zero-order chi connectivity index (χ0) is 17.3. The van der Waals surface area contributed by atoms with Crippen LogP contribution in [-0.2, 0) is 4.74 Å². The summed E-state index contributed by atoms with van der Waals surface area (Å²) >= 11 is 0. The molecule has 5 heterocycles. The first kappa shape index (κ1) is 15.2. The molecule has 0 spiro atoms. The highest BCUT2D eigenvalue weighted by atomic mass is 16.5. The topological polar surface area (TPSA) is 77.2 Å². The van der Waals surface area contributed by atoms with Gasteiger partial charge >= 0.3 is 0 Å². The van der Waals surface area contributed by atoms with Crippen LogP contribution in [-0.4, -0.2) is 43.8 Å². The average Bonchev–Trinajstić information content (AvgIpc) is 3.12. The first-order valence-corrected chi connectivity index (χ1v) is 8.77. The van der Waals surface area contributed by atoms with Gasteiger partial charge in [0, 0.05) is 54.4 Å². The summed E-state index contributed by atoms with van der Waals surface area (Å²) in [5.74, 6) is 0.646. The number of fused-ring (bicyclic) bond motifs is 2. The fraction of sp³-hybridized carbons (Fsp3) is 0.263. The van der Waals surface area contributed by atoms with Crippen molar-refractivity contribution in [3.63, 3.8) is 0 Å². The van der Waals surface area contributed by atoms with E-state index >= 15 is 0 Å². The van der Waals surface area contributed by atoms with E-state index in [9.17, 15) is 0 Å². The third-order valence-corrected chi connectivity index (χ3v) is 4.74. The van der Waals surface area contributed by atoms with Crippen LogP contribution in [0.2, 0.25) is 0 Å². The lowest BCUT2D eigenvalue weighted by Gasteiger charge is -2.22. The van der Waals surface area contributed by atoms with Gasteiger partial charge in [-0.05, 0) is 37.1 Å². The summed E-state index contributed by atoms with van der Waals surface area (Å²) in [7, 11) is 0. The number of pyridine rings is 2. The number of aromatic nitrogens is 5. The molecule has 0 bridgehead atoms. The van der Waals surface area contributed by atoms with Crippen LogP contribution in [0.1, 0.15) is 12.8 Å². The van der Waals surface area contributed by atoms with Crippen molar-refractivity contribution in [3.05, 3.63) is 49.1 Å². The van der Waals surface area contributed by atoms with E-state index in [0.717, 1.165) is 53.7 Å². The maximum Gasteiger partial charge on any atom is 0.241 e. The molecular weight excluding hydrogens is 328 g/mol. The summed E-state index contributed by atoms with van der Waals surface area (Å²) in [6.07, 6.45) is 9.37. The molecule has 0 unspecified atom stereocenters. The molecule has 1 N–H and O–H groups in total. The van der Waals surface area contributed by atoms with Gasteiger partial charge in [0.25, 0.3) is 0 Å². The molecule has 7 heteroatoms. The monoisotopic (exact) mass is 346 g/mol. The molecule has 0 aliphatic carbocycles. The summed E-state index contributed by atoms with van der Waals surface area (Å²) in [6, 6.07) is 8.45. The molecule has 4 aromatic heterocycles. The smallest absolute Gasteiger partial charge is 0.241 e. The second-order valence-electron chi connectivity index (χ2n) is 6.45. The molecular formula is C19H18N6O. The van der Waals surface area contributed by atoms with Gasteiger partial charge in [-0.15, -0.1) is 5.10 Å². The predicted octanol–water partition coefficient (Wildman–Crippen LogP) is 2.93. The number of hydrogen-bond donors (Lipinski definition) is 1. The zero-order valence-corrected chi connectivity index (χ0v) is 14.2. The first-order valence-electron chi connectivity index (χ1n) is 8.77. The van der Waals surface area contributed by atoms with Gasteiger partial charge in [-0.2, -0.15) is 0 Å². The van der Waals surface area contributed by atoms with Crippen molar-refractivity contribution >= 4 is 22.5 Å². The molecule has 0 aromatic carbocycles. The Bertz CT molecular complexity index is 1070. The molecule has 7 nitrogen and oxygen atoms in total. The van der Waals surface area contributed by atoms with E-state index in [2.05, 4.69) is 31.4 Å². The third-order valence-electron chi connectivity index (χ3n) is 4.74. The minimum absolute atomic E-state index is 0.369. The minimum Gasteiger partial charge on any atom is -0.381 e. The van der Waals surface area contributed by atoms with Gasteiger partial charge in [-0.1, -0.05) is 0 Å². The number of nitrogens with one attached hydrogen (secondary N) is 1. The van der Waals surface area contributed by atoms with E-state index in [1.54, 1.807) is 6.20 Å². The highest BCUT2D eigenvalue weighted by Crippen LogP contribution is 2.27. The molecule has 0 radical (unpaired) electrons. The molecule has 1 aliphatic heterocycles. The highest BCUT2D eigenvalue weighted by molar-refractivity contribution is 5.86. The van der Waals surface area contributed by atoms with E-state index in [1.165, 1.54) is 0 Å². The molecule has 0 amide bonds. The van der Waals surface area contributed by atoms with Crippen molar-refractivity contribution < 1.29 is 4.74 Å². The molecule has 130 valence electrons. The van der Waals surface area contributed by atoms with Gasteiger partial charge < -0.3 is 10.1 Å². The molecule has 26 heavy (non-hydrogen) atoms. The Labute approximate surface area is 150 Å². The van der Waals surface area contributed by atoms with Crippen LogP contribution in [0.25, 0.3) is 27.7 Å². The number of anilines is 1. The Hall–Kier alpha value is -3.06. The van der Waals surface area contributed by atoms with Gasteiger partial charge in [-0.3, -0.25) is 0 Å². The van der Waals surface area contributed by atoms with Crippen LogP contribution in [0.3, 0.4) is 0 Å². The molecule has 1 aliphatic rings. The summed E-state index contributed by atoms with van der Waals surface area (Å²) in [6.45, 7) is 1.58. The number of hydrogen-bond acceptors (Lipinski definition) is 6. The standard InChI is InChI=1S/C19H18N6O/c1-2-13-10-14(11-21-18(13)20-6-1)16-3-7-25-17(16)12-22-19(24-25)23-15-4-8-26-9-5-15/h1-3,6-7,10-12,15H,4-5,8-9H2,(H,23,24). The number of rotatable bonds is 3. The first-order chi connectivity index (χ1) is 12.9. The Kier molecular flexibility index (Phi) is 3.71. The van der Waals surface area contributed by atoms with E-state index in [1.807, 2.05) is 41.3 Å². The Morgan fingerprint density at radius 3 is 2.92 bits per heavy atom. The summed E-state index contributed by atoms with van der Waals surface area (Å²) in [4.78, 5) is 13.2. The van der Waals surface area contributed by atoms with Crippen LogP contribution >= 0.6 is 0 Å². The maximum atomic E-state index is 5.39. The fourth-order valence-electron chi connectivity index (χ4n) is 3.35. The largest absolute Gasteiger partial charge is 0.381 e. The van der Waals surface area contributed by atoms with Gasteiger partial charge in [0.05, 0.1) is 11.7 Å². The average molecular weight is 346 g/mol. The van der Waals surface area contributed by atoms with E-state index in [0.29, 0.717) is 12.0 Å². The van der Waals surface area contributed by atoms with Crippen LogP contribution in [0, 0.1) is 0 Å². The van der Waals surface area contributed by atoms with Gasteiger partial charge in [-0.25, -0.2) is 19.5 Å². The van der Waals surface area contributed by atoms with Crippen LogP contribution in [0.4, 0.5) is 5.95 Å². The third kappa shape index (κ3) is 2.76. The van der Waals surface area contributed by atoms with Crippen molar-refractivity contribution in [3.8, 4) is 11.1 Å². The van der Waals surface area contributed by atoms with Crippen molar-refractivity contribution in [1.82, 2.24) is 24.6 Å². The van der Waals surface area contributed by atoms with Crippen molar-refractivity contribution in [2.75, 3.05) is 18.5 Å². The van der Waals surface area contributed by atoms with E-state index in [-0.39, 0.29) is 0 Å². The van der Waals surface area contributed by atoms with Crippen LogP contribution in [0.5, 0.6) is 0 Å². The fourth-order valence-corrected chi connectivity index (χ4v) is 3.35. The molecule has 1 saturated heterocycles. The van der Waals surface area contributed by atoms with E-state index < -0.39 is 0 Å². The van der Waals surface area contributed by atoms with Gasteiger partial charge in [0.15, 0.2) is 5.65 Å². The summed E-state index contributed by atoms with van der Waals surface area (Å²) < 4.78 is 7.25. The summed E-state index contributed by atoms with van der Waals surface area (Å²) in [5.41, 5.74) is 3.79. The van der Waals surface area contributed by atoms with Crippen LogP contribution < -0.4 is 5.32 Å². The Morgan fingerprint density at radius 2 is 2.00 bits per heavy atom. The Morgan fingerprint density at radius 1 is 1.08 bits per heavy atom. The van der Waals surface area contributed by atoms with Crippen molar-refractivity contribution in [1.29, 1.82) is 0 Å². The molecule has 1 fully saturated rings. The zero-order valence-electron chi connectivity index (χ0n) is 14.2.